The van der Waals surface area contributed by atoms with Gasteiger partial charge in [-0.2, -0.15) is 0 Å². The summed E-state index contributed by atoms with van der Waals surface area (Å²) in [5.41, 5.74) is 1.56. The van der Waals surface area contributed by atoms with Gasteiger partial charge in [0, 0.05) is 24.4 Å². The molecule has 1 aromatic heterocycles. The van der Waals surface area contributed by atoms with E-state index in [1.807, 2.05) is 35.7 Å². The van der Waals surface area contributed by atoms with Gasteiger partial charge in [-0.05, 0) is 44.2 Å². The maximum Gasteiger partial charge on any atom is 0.411 e. The monoisotopic (exact) mass is 474 g/mol. The molecule has 178 valence electrons. The summed E-state index contributed by atoms with van der Waals surface area (Å²) >= 11 is 1.40. The lowest BCUT2D eigenvalue weighted by atomic mass is 9.90. The summed E-state index contributed by atoms with van der Waals surface area (Å²) in [6.07, 6.45) is -1.07. The molecule has 2 heterocycles. The third kappa shape index (κ3) is 6.71. The Bertz CT molecular complexity index is 969. The molecule has 1 aromatic carbocycles. The Hall–Kier alpha value is -3.07. The Labute approximate surface area is 197 Å². The Morgan fingerprint density at radius 1 is 1.09 bits per heavy atom. The Kier molecular flexibility index (Phi) is 7.97. The van der Waals surface area contributed by atoms with Crippen LogP contribution in [0.2, 0.25) is 0 Å². The van der Waals surface area contributed by atoms with Gasteiger partial charge in [-0.25, -0.2) is 9.59 Å². The second kappa shape index (κ2) is 10.7. The van der Waals surface area contributed by atoms with Crippen molar-refractivity contribution in [2.45, 2.75) is 45.8 Å². The lowest BCUT2D eigenvalue weighted by molar-refractivity contribution is -0.147. The molecule has 0 saturated carbocycles. The molecule has 1 fully saturated rings. The van der Waals surface area contributed by atoms with Crippen molar-refractivity contribution in [3.63, 3.8) is 0 Å². The maximum atomic E-state index is 12.7. The summed E-state index contributed by atoms with van der Waals surface area (Å²) in [5.74, 6) is -1.28. The van der Waals surface area contributed by atoms with Crippen LogP contribution in [0.4, 0.5) is 15.3 Å². The number of benzene rings is 1. The fourth-order valence-corrected chi connectivity index (χ4v) is 4.49. The van der Waals surface area contributed by atoms with Crippen molar-refractivity contribution in [3.8, 4) is 0 Å². The van der Waals surface area contributed by atoms with Gasteiger partial charge in [0.25, 0.3) is 0 Å². The molecule has 0 radical (unpaired) electrons. The van der Waals surface area contributed by atoms with Gasteiger partial charge in [-0.1, -0.05) is 30.3 Å². The minimum Gasteiger partial charge on any atom is -0.466 e. The lowest BCUT2D eigenvalue weighted by Crippen LogP contribution is -2.36. The largest absolute Gasteiger partial charge is 0.466 e. The van der Waals surface area contributed by atoms with Crippen molar-refractivity contribution in [3.05, 3.63) is 52.2 Å². The quantitative estimate of drug-likeness (QED) is 0.467. The number of carbonyl (C=O) groups excluding carboxylic acids is 3. The molecule has 1 saturated heterocycles. The zero-order valence-electron chi connectivity index (χ0n) is 19.3. The number of anilines is 1. The molecular formula is C24H30N2O6S. The van der Waals surface area contributed by atoms with Crippen LogP contribution in [0, 0.1) is 5.92 Å². The number of likely N-dealkylation sites (tertiary alicyclic amines) is 1. The van der Waals surface area contributed by atoms with E-state index in [0.29, 0.717) is 5.69 Å². The topological polar surface area (TPSA) is 94.2 Å². The second-order valence-electron chi connectivity index (χ2n) is 8.78. The van der Waals surface area contributed by atoms with Crippen LogP contribution in [0.15, 0.2) is 41.1 Å². The second-order valence-corrected chi connectivity index (χ2v) is 9.52. The fraction of sp³-hybridized carbons (Fsp3) is 0.458. The SMILES string of the molecule is CCOC(=O)[C@H]1CN(C(=O)OC(C)(C)C)C[C@H]1c1cscc1NC(=O)OCc1ccccc1. The highest BCUT2D eigenvalue weighted by molar-refractivity contribution is 7.08. The van der Waals surface area contributed by atoms with Gasteiger partial charge >= 0.3 is 18.2 Å². The first-order valence-electron chi connectivity index (χ1n) is 10.9. The molecule has 3 rings (SSSR count). The molecule has 2 amide bonds. The summed E-state index contributed by atoms with van der Waals surface area (Å²) in [4.78, 5) is 39.3. The number of esters is 1. The third-order valence-electron chi connectivity index (χ3n) is 5.10. The minimum atomic E-state index is -0.647. The summed E-state index contributed by atoms with van der Waals surface area (Å²) in [5, 5.41) is 6.44. The van der Waals surface area contributed by atoms with Crippen LogP contribution in [0.25, 0.3) is 0 Å². The van der Waals surface area contributed by atoms with E-state index in [0.717, 1.165) is 11.1 Å². The van der Waals surface area contributed by atoms with Gasteiger partial charge in [-0.3, -0.25) is 10.1 Å². The first-order valence-corrected chi connectivity index (χ1v) is 11.8. The molecule has 1 aliphatic rings. The number of nitrogens with one attached hydrogen (secondary N) is 1. The molecule has 1 aliphatic heterocycles. The minimum absolute atomic E-state index is 0.146. The molecule has 0 aliphatic carbocycles. The number of carbonyl (C=O) groups is 3. The molecule has 9 heteroatoms. The Balaban J connectivity index is 1.73. The summed E-state index contributed by atoms with van der Waals surface area (Å²) in [7, 11) is 0. The summed E-state index contributed by atoms with van der Waals surface area (Å²) < 4.78 is 16.1. The highest BCUT2D eigenvalue weighted by Crippen LogP contribution is 2.39. The van der Waals surface area contributed by atoms with E-state index in [9.17, 15) is 14.4 Å². The van der Waals surface area contributed by atoms with Crippen LogP contribution < -0.4 is 5.32 Å². The van der Waals surface area contributed by atoms with Crippen molar-refractivity contribution in [1.29, 1.82) is 0 Å². The molecule has 2 atom stereocenters. The standard InChI is InChI=1S/C24H30N2O6S/c1-5-30-21(27)18-12-26(23(29)32-24(2,3)4)11-17(18)19-14-33-15-20(19)25-22(28)31-13-16-9-7-6-8-10-16/h6-10,14-15,17-18H,5,11-13H2,1-4H3,(H,25,28)/t17-,18+/m1/s1. The molecule has 2 aromatic rings. The highest BCUT2D eigenvalue weighted by Gasteiger charge is 2.43. The molecule has 0 spiro atoms. The predicted molar refractivity (Wildman–Crippen MR) is 125 cm³/mol. The van der Waals surface area contributed by atoms with Crippen molar-refractivity contribution in [2.24, 2.45) is 5.92 Å². The molecule has 0 unspecified atom stereocenters. The van der Waals surface area contributed by atoms with E-state index in [-0.39, 0.29) is 38.2 Å². The van der Waals surface area contributed by atoms with E-state index < -0.39 is 23.7 Å². The average Bonchev–Trinajstić information content (AvgIpc) is 3.39. The van der Waals surface area contributed by atoms with E-state index in [2.05, 4.69) is 5.32 Å². The number of hydrogen-bond acceptors (Lipinski definition) is 7. The number of hydrogen-bond donors (Lipinski definition) is 1. The van der Waals surface area contributed by atoms with E-state index in [4.69, 9.17) is 14.2 Å². The van der Waals surface area contributed by atoms with Crippen molar-refractivity contribution in [2.75, 3.05) is 25.0 Å². The first kappa shape index (κ1) is 24.6. The third-order valence-corrected chi connectivity index (χ3v) is 5.86. The lowest BCUT2D eigenvalue weighted by Gasteiger charge is -2.24. The zero-order valence-corrected chi connectivity index (χ0v) is 20.1. The molecule has 0 bridgehead atoms. The van der Waals surface area contributed by atoms with Gasteiger partial charge in [0.2, 0.25) is 0 Å². The predicted octanol–water partition coefficient (Wildman–Crippen LogP) is 5.01. The van der Waals surface area contributed by atoms with Crippen molar-refractivity contribution >= 4 is 35.2 Å². The highest BCUT2D eigenvalue weighted by atomic mass is 32.1. The smallest absolute Gasteiger partial charge is 0.411 e. The Morgan fingerprint density at radius 3 is 2.48 bits per heavy atom. The van der Waals surface area contributed by atoms with Gasteiger partial charge in [0.05, 0.1) is 18.2 Å². The van der Waals surface area contributed by atoms with Gasteiger partial charge < -0.3 is 19.1 Å². The maximum absolute atomic E-state index is 12.7. The van der Waals surface area contributed by atoms with Crippen LogP contribution in [0.1, 0.15) is 44.7 Å². The average molecular weight is 475 g/mol. The van der Waals surface area contributed by atoms with Crippen LogP contribution in [-0.2, 0) is 25.6 Å². The normalized spacial score (nSPS) is 18.0. The van der Waals surface area contributed by atoms with Gasteiger partial charge in [0.15, 0.2) is 0 Å². The number of thiophene rings is 1. The number of rotatable bonds is 6. The first-order chi connectivity index (χ1) is 15.7. The van der Waals surface area contributed by atoms with E-state index in [1.165, 1.54) is 16.2 Å². The van der Waals surface area contributed by atoms with Gasteiger partial charge in [-0.15, -0.1) is 11.3 Å². The summed E-state index contributed by atoms with van der Waals surface area (Å²) in [6, 6.07) is 9.39. The van der Waals surface area contributed by atoms with Crippen molar-refractivity contribution < 1.29 is 28.6 Å². The molecular weight excluding hydrogens is 444 g/mol. The number of nitrogens with zero attached hydrogens (tertiary/aromatic N) is 1. The van der Waals surface area contributed by atoms with Crippen LogP contribution in [0.3, 0.4) is 0 Å². The van der Waals surface area contributed by atoms with Crippen LogP contribution >= 0.6 is 11.3 Å². The van der Waals surface area contributed by atoms with Crippen LogP contribution in [0.5, 0.6) is 0 Å². The number of amides is 2. The molecule has 1 N–H and O–H groups in total. The Morgan fingerprint density at radius 2 is 1.82 bits per heavy atom. The zero-order chi connectivity index (χ0) is 24.0. The van der Waals surface area contributed by atoms with Crippen molar-refractivity contribution in [1.82, 2.24) is 4.90 Å². The molecule has 8 nitrogen and oxygen atoms in total. The molecule has 33 heavy (non-hydrogen) atoms. The van der Waals surface area contributed by atoms with Gasteiger partial charge in [0.1, 0.15) is 12.2 Å². The van der Waals surface area contributed by atoms with Crippen LogP contribution in [-0.4, -0.2) is 48.4 Å². The van der Waals surface area contributed by atoms with E-state index >= 15 is 0 Å². The summed E-state index contributed by atoms with van der Waals surface area (Å²) in [6.45, 7) is 7.99. The van der Waals surface area contributed by atoms with E-state index in [1.54, 1.807) is 33.1 Å². The fourth-order valence-electron chi connectivity index (χ4n) is 3.65. The number of ether oxygens (including phenoxy) is 3.